The van der Waals surface area contributed by atoms with Crippen LogP contribution in [0.4, 0.5) is 0 Å². The smallest absolute Gasteiger partial charge is 0.165 e. The Balaban J connectivity index is 1.76. The molecule has 0 saturated heterocycles. The van der Waals surface area contributed by atoms with Crippen molar-refractivity contribution in [2.45, 2.75) is 60.4 Å². The van der Waals surface area contributed by atoms with Gasteiger partial charge in [-0.3, -0.25) is 0 Å². The standard InChI is InChI=1S/C29H32N4/c1-7-24(17-23-11-9-8-10-12-23)32-14-13-25-21(5)30-28-27(22(6)31-33(28)29(25)32)26-19(3)15-18(2)16-20(26)4/h8-16,24H,7,17H2,1-6H3. The molecule has 0 N–H and O–H groups in total. The highest BCUT2D eigenvalue weighted by Gasteiger charge is 2.22. The molecule has 0 aliphatic rings. The summed E-state index contributed by atoms with van der Waals surface area (Å²) in [7, 11) is 0. The van der Waals surface area contributed by atoms with Crippen molar-refractivity contribution in [3.8, 4) is 11.1 Å². The van der Waals surface area contributed by atoms with Crippen molar-refractivity contribution in [2.24, 2.45) is 0 Å². The van der Waals surface area contributed by atoms with Gasteiger partial charge in [0.25, 0.3) is 0 Å². The minimum Gasteiger partial charge on any atom is -0.329 e. The third-order valence-corrected chi connectivity index (χ3v) is 6.89. The largest absolute Gasteiger partial charge is 0.329 e. The summed E-state index contributed by atoms with van der Waals surface area (Å²) in [6, 6.07) is 17.8. The van der Waals surface area contributed by atoms with Gasteiger partial charge in [-0.2, -0.15) is 9.61 Å². The molecule has 4 nitrogen and oxygen atoms in total. The van der Waals surface area contributed by atoms with E-state index >= 15 is 0 Å². The lowest BCUT2D eigenvalue weighted by Gasteiger charge is -2.19. The monoisotopic (exact) mass is 436 g/mol. The van der Waals surface area contributed by atoms with E-state index in [0.717, 1.165) is 41.1 Å². The van der Waals surface area contributed by atoms with E-state index in [1.165, 1.54) is 33.2 Å². The lowest BCUT2D eigenvalue weighted by Crippen LogP contribution is -2.12. The molecule has 0 saturated carbocycles. The minimum absolute atomic E-state index is 0.353. The van der Waals surface area contributed by atoms with Crippen LogP contribution < -0.4 is 0 Å². The Morgan fingerprint density at radius 2 is 1.55 bits per heavy atom. The highest BCUT2D eigenvalue weighted by atomic mass is 15.3. The second-order valence-corrected chi connectivity index (χ2v) is 9.38. The van der Waals surface area contributed by atoms with Crippen molar-refractivity contribution in [1.29, 1.82) is 0 Å². The van der Waals surface area contributed by atoms with Crippen molar-refractivity contribution in [3.05, 3.63) is 88.4 Å². The fourth-order valence-corrected chi connectivity index (χ4v) is 5.42. The first-order valence-electron chi connectivity index (χ1n) is 11.9. The second kappa shape index (κ2) is 8.18. The van der Waals surface area contributed by atoms with Gasteiger partial charge in [-0.25, -0.2) is 4.98 Å². The number of hydrogen-bond donors (Lipinski definition) is 0. The molecule has 0 amide bonds. The van der Waals surface area contributed by atoms with Crippen LogP contribution in [0.3, 0.4) is 0 Å². The molecule has 0 aliphatic heterocycles. The maximum absolute atomic E-state index is 5.08. The highest BCUT2D eigenvalue weighted by Crippen LogP contribution is 2.36. The van der Waals surface area contributed by atoms with Crippen molar-refractivity contribution in [2.75, 3.05) is 0 Å². The lowest BCUT2D eigenvalue weighted by molar-refractivity contribution is 0.492. The normalized spacial score (nSPS) is 12.7. The summed E-state index contributed by atoms with van der Waals surface area (Å²) in [5.41, 5.74) is 11.8. The van der Waals surface area contributed by atoms with E-state index in [1.54, 1.807) is 0 Å². The topological polar surface area (TPSA) is 35.1 Å². The summed E-state index contributed by atoms with van der Waals surface area (Å²) >= 11 is 0. The van der Waals surface area contributed by atoms with E-state index in [2.05, 4.69) is 105 Å². The van der Waals surface area contributed by atoms with Crippen LogP contribution in [0.15, 0.2) is 54.7 Å². The molecule has 0 bridgehead atoms. The van der Waals surface area contributed by atoms with Gasteiger partial charge in [0.1, 0.15) is 5.65 Å². The van der Waals surface area contributed by atoms with Gasteiger partial charge in [-0.05, 0) is 75.8 Å². The third-order valence-electron chi connectivity index (χ3n) is 6.89. The van der Waals surface area contributed by atoms with Crippen molar-refractivity contribution in [1.82, 2.24) is 19.2 Å². The molecule has 3 aromatic heterocycles. The van der Waals surface area contributed by atoms with Crippen LogP contribution in [0.2, 0.25) is 0 Å². The highest BCUT2D eigenvalue weighted by molar-refractivity contribution is 5.89. The van der Waals surface area contributed by atoms with Gasteiger partial charge in [-0.15, -0.1) is 0 Å². The molecular weight excluding hydrogens is 404 g/mol. The molecule has 1 atom stereocenters. The van der Waals surface area contributed by atoms with Crippen molar-refractivity contribution < 1.29 is 0 Å². The van der Waals surface area contributed by atoms with E-state index in [9.17, 15) is 0 Å². The van der Waals surface area contributed by atoms with E-state index in [1.807, 2.05) is 0 Å². The van der Waals surface area contributed by atoms with Crippen molar-refractivity contribution in [3.63, 3.8) is 0 Å². The number of rotatable bonds is 5. The Morgan fingerprint density at radius 3 is 2.21 bits per heavy atom. The molecule has 0 radical (unpaired) electrons. The average molecular weight is 437 g/mol. The maximum Gasteiger partial charge on any atom is 0.165 e. The van der Waals surface area contributed by atoms with Gasteiger partial charge in [0.2, 0.25) is 0 Å². The molecule has 5 aromatic rings. The predicted octanol–water partition coefficient (Wildman–Crippen LogP) is 7.09. The molecule has 1 unspecified atom stereocenters. The molecule has 0 fully saturated rings. The van der Waals surface area contributed by atoms with E-state index in [-0.39, 0.29) is 0 Å². The molecule has 33 heavy (non-hydrogen) atoms. The van der Waals surface area contributed by atoms with Gasteiger partial charge in [-0.1, -0.05) is 55.0 Å². The second-order valence-electron chi connectivity index (χ2n) is 9.38. The Morgan fingerprint density at radius 1 is 0.848 bits per heavy atom. The SMILES string of the molecule is CCC(Cc1ccccc1)n1ccc2c(C)nc3c(-c4c(C)cc(C)cc4C)c(C)nn3c21. The van der Waals surface area contributed by atoms with Gasteiger partial charge in [0.05, 0.1) is 17.0 Å². The lowest BCUT2D eigenvalue weighted by atomic mass is 9.94. The third kappa shape index (κ3) is 3.54. The molecule has 168 valence electrons. The zero-order valence-electron chi connectivity index (χ0n) is 20.5. The van der Waals surface area contributed by atoms with E-state index in [4.69, 9.17) is 10.1 Å². The van der Waals surface area contributed by atoms with Crippen LogP contribution in [-0.2, 0) is 6.42 Å². The number of nitrogens with zero attached hydrogens (tertiary/aromatic N) is 4. The Kier molecular flexibility index (Phi) is 5.32. The van der Waals surface area contributed by atoms with Crippen LogP contribution in [0.1, 0.15) is 53.0 Å². The summed E-state index contributed by atoms with van der Waals surface area (Å²) in [6.07, 6.45) is 4.26. The first kappa shape index (κ1) is 21.4. The molecule has 0 spiro atoms. The summed E-state index contributed by atoms with van der Waals surface area (Å²) in [6.45, 7) is 13.0. The van der Waals surface area contributed by atoms with Crippen LogP contribution in [0, 0.1) is 34.6 Å². The van der Waals surface area contributed by atoms with Crippen LogP contribution >= 0.6 is 0 Å². The predicted molar refractivity (Wildman–Crippen MR) is 137 cm³/mol. The quantitative estimate of drug-likeness (QED) is 0.295. The maximum atomic E-state index is 5.08. The van der Waals surface area contributed by atoms with Gasteiger partial charge in [0.15, 0.2) is 5.65 Å². The number of benzene rings is 2. The first-order chi connectivity index (χ1) is 15.9. The first-order valence-corrected chi connectivity index (χ1v) is 11.9. The Labute approximate surface area is 195 Å². The zero-order chi connectivity index (χ0) is 23.3. The summed E-state index contributed by atoms with van der Waals surface area (Å²) in [5, 5.41) is 6.22. The van der Waals surface area contributed by atoms with E-state index in [0.29, 0.717) is 6.04 Å². The van der Waals surface area contributed by atoms with Crippen LogP contribution in [0.25, 0.3) is 27.8 Å². The van der Waals surface area contributed by atoms with Gasteiger partial charge < -0.3 is 4.57 Å². The molecular formula is C29H32N4. The fourth-order valence-electron chi connectivity index (χ4n) is 5.42. The number of aryl methyl sites for hydroxylation is 5. The van der Waals surface area contributed by atoms with Gasteiger partial charge >= 0.3 is 0 Å². The molecule has 2 aromatic carbocycles. The van der Waals surface area contributed by atoms with Crippen LogP contribution in [-0.4, -0.2) is 19.2 Å². The van der Waals surface area contributed by atoms with Crippen LogP contribution in [0.5, 0.6) is 0 Å². The van der Waals surface area contributed by atoms with Gasteiger partial charge in [0, 0.05) is 17.6 Å². The molecule has 5 rings (SSSR count). The average Bonchev–Trinajstić information content (AvgIpc) is 3.35. The minimum atomic E-state index is 0.353. The summed E-state index contributed by atoms with van der Waals surface area (Å²) < 4.78 is 4.49. The summed E-state index contributed by atoms with van der Waals surface area (Å²) in [5.74, 6) is 0. The number of hydrogen-bond acceptors (Lipinski definition) is 2. The number of aromatic nitrogens is 4. The molecule has 0 aliphatic carbocycles. The Bertz CT molecular complexity index is 1450. The number of fused-ring (bicyclic) bond motifs is 3. The van der Waals surface area contributed by atoms with E-state index < -0.39 is 0 Å². The Hall–Kier alpha value is -3.40. The fraction of sp³-hybridized carbons (Fsp3) is 0.310. The zero-order valence-corrected chi connectivity index (χ0v) is 20.5. The molecule has 3 heterocycles. The molecule has 4 heteroatoms. The van der Waals surface area contributed by atoms with Crippen molar-refractivity contribution >= 4 is 16.7 Å². The summed E-state index contributed by atoms with van der Waals surface area (Å²) in [4.78, 5) is 5.08.